The van der Waals surface area contributed by atoms with Crippen LogP contribution >= 0.6 is 0 Å². The van der Waals surface area contributed by atoms with E-state index in [0.29, 0.717) is 19.3 Å². The molecule has 0 heterocycles. The van der Waals surface area contributed by atoms with E-state index < -0.39 is 6.10 Å². The maximum Gasteiger partial charge on any atom is 0.306 e. The Balaban J connectivity index is 4.23. The standard InChI is InChI=1S/C77H132O6/c1-4-7-10-13-16-19-22-25-28-30-31-32-33-34-35-36-37-38-39-40-41-42-43-44-45-47-49-52-55-58-61-64-67-70-76(79)82-73-74(72-81-75(78)69-66-63-60-57-54-51-48-27-24-21-18-15-12-9-6-3)83-77(80)71-68-65-62-59-56-53-50-46-29-26-23-20-17-14-11-8-5-2/h7-8,10-11,16-17,19-20,25-26,28-29,31-32,34-35,37-38,74H,4-6,9,12-15,18,21-24,27,30,33,36,39-73H2,1-3H3/b10-7-,11-8-,19-16-,20-17-,28-25-,29-26-,32-31-,35-34-,38-37-. The molecule has 0 aliphatic heterocycles. The molecule has 0 aliphatic rings. The molecule has 0 radical (unpaired) electrons. The quantitative estimate of drug-likeness (QED) is 0.0261. The molecule has 0 saturated carbocycles. The van der Waals surface area contributed by atoms with Crippen molar-refractivity contribution in [2.24, 2.45) is 0 Å². The molecule has 0 bridgehead atoms. The summed E-state index contributed by atoms with van der Waals surface area (Å²) in [4.78, 5) is 38.4. The first-order valence-corrected chi connectivity index (χ1v) is 35.4. The largest absolute Gasteiger partial charge is 0.462 e. The average molecular weight is 1150 g/mol. The first kappa shape index (κ1) is 79.1. The van der Waals surface area contributed by atoms with Gasteiger partial charge < -0.3 is 14.2 Å². The number of hydrogen-bond acceptors (Lipinski definition) is 6. The summed E-state index contributed by atoms with van der Waals surface area (Å²) >= 11 is 0. The smallest absolute Gasteiger partial charge is 0.306 e. The summed E-state index contributed by atoms with van der Waals surface area (Å²) in [5.41, 5.74) is 0. The number of carbonyl (C=O) groups excluding carboxylic acids is 3. The van der Waals surface area contributed by atoms with E-state index in [0.717, 1.165) is 122 Å². The van der Waals surface area contributed by atoms with Crippen LogP contribution in [0.5, 0.6) is 0 Å². The molecule has 0 aromatic carbocycles. The van der Waals surface area contributed by atoms with E-state index in [1.54, 1.807) is 0 Å². The zero-order chi connectivity index (χ0) is 59.9. The molecule has 0 aliphatic carbocycles. The highest BCUT2D eigenvalue weighted by Gasteiger charge is 2.19. The highest BCUT2D eigenvalue weighted by atomic mass is 16.6. The Morgan fingerprint density at radius 1 is 0.253 bits per heavy atom. The predicted molar refractivity (Wildman–Crippen MR) is 362 cm³/mol. The van der Waals surface area contributed by atoms with Crippen molar-refractivity contribution >= 4 is 17.9 Å². The fourth-order valence-electron chi connectivity index (χ4n) is 10.1. The van der Waals surface area contributed by atoms with Gasteiger partial charge in [-0.3, -0.25) is 14.4 Å². The minimum Gasteiger partial charge on any atom is -0.462 e. The van der Waals surface area contributed by atoms with Gasteiger partial charge in [0, 0.05) is 19.3 Å². The Morgan fingerprint density at radius 2 is 0.470 bits per heavy atom. The molecule has 0 amide bonds. The van der Waals surface area contributed by atoms with Crippen LogP contribution in [0.25, 0.3) is 0 Å². The second-order valence-electron chi connectivity index (χ2n) is 23.4. The summed E-state index contributed by atoms with van der Waals surface area (Å²) < 4.78 is 17.0. The molecule has 476 valence electrons. The van der Waals surface area contributed by atoms with E-state index in [4.69, 9.17) is 14.2 Å². The summed E-state index contributed by atoms with van der Waals surface area (Å²) in [7, 11) is 0. The molecule has 0 saturated heterocycles. The van der Waals surface area contributed by atoms with Gasteiger partial charge in [0.05, 0.1) is 0 Å². The summed E-state index contributed by atoms with van der Waals surface area (Å²) in [6.45, 7) is 6.45. The maximum atomic E-state index is 12.9. The van der Waals surface area contributed by atoms with Crippen molar-refractivity contribution in [3.63, 3.8) is 0 Å². The molecule has 0 fully saturated rings. The van der Waals surface area contributed by atoms with Crippen LogP contribution in [-0.2, 0) is 28.6 Å². The molecule has 6 heteroatoms. The lowest BCUT2D eigenvalue weighted by Crippen LogP contribution is -2.30. The highest BCUT2D eigenvalue weighted by Crippen LogP contribution is 2.17. The number of rotatable bonds is 64. The minimum absolute atomic E-state index is 0.0779. The van der Waals surface area contributed by atoms with Crippen molar-refractivity contribution < 1.29 is 28.6 Å². The summed E-state index contributed by atoms with van der Waals surface area (Å²) in [6, 6.07) is 0. The van der Waals surface area contributed by atoms with E-state index in [1.165, 1.54) is 180 Å². The van der Waals surface area contributed by atoms with Crippen LogP contribution in [0.3, 0.4) is 0 Å². The van der Waals surface area contributed by atoms with Crippen molar-refractivity contribution in [1.82, 2.24) is 0 Å². The summed E-state index contributed by atoms with van der Waals surface area (Å²) in [5, 5.41) is 0. The van der Waals surface area contributed by atoms with E-state index in [9.17, 15) is 14.4 Å². The van der Waals surface area contributed by atoms with Crippen molar-refractivity contribution in [3.8, 4) is 0 Å². The van der Waals surface area contributed by atoms with Gasteiger partial charge in [-0.15, -0.1) is 0 Å². The average Bonchev–Trinajstić information content (AvgIpc) is 3.49. The van der Waals surface area contributed by atoms with Gasteiger partial charge in [0.1, 0.15) is 13.2 Å². The number of allylic oxidation sites excluding steroid dienone is 18. The number of hydrogen-bond donors (Lipinski definition) is 0. The SMILES string of the molecule is CC/C=C\C/C=C\C/C=C\C/C=C\C/C=C\C/C=C\CCCCCCCCCCCCCCCCC(=O)OCC(COC(=O)CCCCCCCCCCCCCCCCC)OC(=O)CCCCCCCCC/C=C\C/C=C\C/C=C\CC. The third-order valence-electron chi connectivity index (χ3n) is 15.3. The van der Waals surface area contributed by atoms with Crippen molar-refractivity contribution in [3.05, 3.63) is 109 Å². The lowest BCUT2D eigenvalue weighted by atomic mass is 10.0. The molecule has 83 heavy (non-hydrogen) atoms. The fourth-order valence-corrected chi connectivity index (χ4v) is 10.1. The normalized spacial score (nSPS) is 12.8. The van der Waals surface area contributed by atoms with Crippen LogP contribution < -0.4 is 0 Å². The van der Waals surface area contributed by atoms with Gasteiger partial charge in [-0.25, -0.2) is 0 Å². The minimum atomic E-state index is -0.783. The molecule has 0 aromatic rings. The monoisotopic (exact) mass is 1150 g/mol. The molecule has 0 rings (SSSR count). The fraction of sp³-hybridized carbons (Fsp3) is 0.727. The zero-order valence-electron chi connectivity index (χ0n) is 54.7. The molecule has 6 nitrogen and oxygen atoms in total. The second-order valence-corrected chi connectivity index (χ2v) is 23.4. The molecular formula is C77H132O6. The number of carbonyl (C=O) groups is 3. The van der Waals surface area contributed by atoms with Crippen LogP contribution in [0, 0.1) is 0 Å². The Hall–Kier alpha value is -3.93. The van der Waals surface area contributed by atoms with Gasteiger partial charge in [-0.05, 0) is 103 Å². The third kappa shape index (κ3) is 68.7. The van der Waals surface area contributed by atoms with Gasteiger partial charge in [-0.1, -0.05) is 329 Å². The van der Waals surface area contributed by atoms with E-state index in [-0.39, 0.29) is 31.1 Å². The van der Waals surface area contributed by atoms with Crippen molar-refractivity contribution in [1.29, 1.82) is 0 Å². The van der Waals surface area contributed by atoms with Crippen LogP contribution in [0.2, 0.25) is 0 Å². The third-order valence-corrected chi connectivity index (χ3v) is 15.3. The first-order valence-electron chi connectivity index (χ1n) is 35.4. The zero-order valence-corrected chi connectivity index (χ0v) is 54.7. The van der Waals surface area contributed by atoms with Gasteiger partial charge in [0.25, 0.3) is 0 Å². The van der Waals surface area contributed by atoms with Crippen LogP contribution in [0.1, 0.15) is 342 Å². The topological polar surface area (TPSA) is 78.9 Å². The van der Waals surface area contributed by atoms with E-state index in [2.05, 4.69) is 130 Å². The van der Waals surface area contributed by atoms with Gasteiger partial charge in [0.15, 0.2) is 6.10 Å². The Morgan fingerprint density at radius 3 is 0.735 bits per heavy atom. The Bertz CT molecular complexity index is 1660. The molecule has 1 unspecified atom stereocenters. The van der Waals surface area contributed by atoms with Crippen molar-refractivity contribution in [2.75, 3.05) is 13.2 Å². The Kier molecular flexibility index (Phi) is 67.2. The van der Waals surface area contributed by atoms with Gasteiger partial charge >= 0.3 is 17.9 Å². The summed E-state index contributed by atoms with van der Waals surface area (Å²) in [6.07, 6.45) is 96.9. The van der Waals surface area contributed by atoms with Gasteiger partial charge in [0.2, 0.25) is 0 Å². The lowest BCUT2D eigenvalue weighted by molar-refractivity contribution is -0.167. The molecule has 0 spiro atoms. The number of ether oxygens (including phenoxy) is 3. The first-order chi connectivity index (χ1) is 41.0. The second kappa shape index (κ2) is 70.6. The number of unbranched alkanes of at least 4 members (excludes halogenated alkanes) is 35. The number of esters is 3. The van der Waals surface area contributed by atoms with E-state index >= 15 is 0 Å². The van der Waals surface area contributed by atoms with Crippen LogP contribution in [0.4, 0.5) is 0 Å². The molecule has 1 atom stereocenters. The maximum absolute atomic E-state index is 12.9. The Labute approximate surface area is 514 Å². The lowest BCUT2D eigenvalue weighted by Gasteiger charge is -2.18. The predicted octanol–water partition coefficient (Wildman–Crippen LogP) is 24.6. The molecule has 0 aromatic heterocycles. The van der Waals surface area contributed by atoms with Gasteiger partial charge in [-0.2, -0.15) is 0 Å². The molecular weight excluding hydrogens is 1020 g/mol. The van der Waals surface area contributed by atoms with Crippen molar-refractivity contribution in [2.45, 2.75) is 348 Å². The summed E-state index contributed by atoms with van der Waals surface area (Å²) in [5.74, 6) is -0.872. The van der Waals surface area contributed by atoms with E-state index in [1.807, 2.05) is 0 Å². The van der Waals surface area contributed by atoms with Crippen LogP contribution in [-0.4, -0.2) is 37.2 Å². The van der Waals surface area contributed by atoms with Crippen LogP contribution in [0.15, 0.2) is 109 Å². The molecule has 0 N–H and O–H groups in total. The highest BCUT2D eigenvalue weighted by molar-refractivity contribution is 5.71.